The Kier molecular flexibility index (Phi) is 7.94. The first-order valence-corrected chi connectivity index (χ1v) is 11.2. The second-order valence-electron chi connectivity index (χ2n) is 7.15. The van der Waals surface area contributed by atoms with Gasteiger partial charge in [-0.1, -0.05) is 25.6 Å². The van der Waals surface area contributed by atoms with Crippen molar-refractivity contribution in [3.63, 3.8) is 0 Å². The second-order valence-corrected chi connectivity index (χ2v) is 8.09. The molecule has 0 aliphatic carbocycles. The van der Waals surface area contributed by atoms with E-state index in [1.165, 1.54) is 11.8 Å². The fourth-order valence-electron chi connectivity index (χ4n) is 3.40. The number of hydrogen-bond donors (Lipinski definition) is 1. The fraction of sp³-hybridized carbons (Fsp3) is 0.571. The van der Waals surface area contributed by atoms with Crippen molar-refractivity contribution in [3.8, 4) is 17.1 Å². The summed E-state index contributed by atoms with van der Waals surface area (Å²) in [5.41, 5.74) is 0.963. The van der Waals surface area contributed by atoms with Crippen LogP contribution in [0.25, 0.3) is 11.4 Å². The van der Waals surface area contributed by atoms with Crippen LogP contribution in [0.15, 0.2) is 29.4 Å². The number of benzene rings is 1. The van der Waals surface area contributed by atoms with Crippen LogP contribution < -0.4 is 10.1 Å². The molecule has 158 valence electrons. The van der Waals surface area contributed by atoms with Crippen molar-refractivity contribution in [2.75, 3.05) is 19.5 Å². The molecule has 3 rings (SSSR count). The molecule has 1 aliphatic rings. The molecule has 8 heteroatoms. The first-order chi connectivity index (χ1) is 14.1. The Morgan fingerprint density at radius 3 is 2.69 bits per heavy atom. The summed E-state index contributed by atoms with van der Waals surface area (Å²) >= 11 is 1.42. The number of carbonyl (C=O) groups is 1. The van der Waals surface area contributed by atoms with Crippen LogP contribution in [0.5, 0.6) is 5.75 Å². The van der Waals surface area contributed by atoms with E-state index >= 15 is 0 Å². The maximum Gasteiger partial charge on any atom is 0.230 e. The quantitative estimate of drug-likeness (QED) is 0.595. The summed E-state index contributed by atoms with van der Waals surface area (Å²) in [6.07, 6.45) is 4.12. The predicted molar refractivity (Wildman–Crippen MR) is 114 cm³/mol. The molecule has 29 heavy (non-hydrogen) atoms. The normalized spacial score (nSPS) is 16.3. The molecule has 1 saturated heterocycles. The molecule has 1 unspecified atom stereocenters. The van der Waals surface area contributed by atoms with Gasteiger partial charge in [-0.05, 0) is 49.9 Å². The highest BCUT2D eigenvalue weighted by Crippen LogP contribution is 2.27. The third-order valence-corrected chi connectivity index (χ3v) is 6.13. The van der Waals surface area contributed by atoms with Crippen LogP contribution in [0.4, 0.5) is 0 Å². The first kappa shape index (κ1) is 21.6. The predicted octanol–water partition coefficient (Wildman–Crippen LogP) is 3.53. The Balaban J connectivity index is 1.76. The third kappa shape index (κ3) is 5.73. The van der Waals surface area contributed by atoms with Crippen molar-refractivity contribution in [1.82, 2.24) is 20.1 Å². The Bertz CT molecular complexity index is 784. The first-order valence-electron chi connectivity index (χ1n) is 10.3. The number of amides is 1. The zero-order valence-electron chi connectivity index (χ0n) is 17.4. The zero-order valence-corrected chi connectivity index (χ0v) is 18.2. The molecule has 1 amide bonds. The number of rotatable bonds is 10. The number of hydrogen-bond acceptors (Lipinski definition) is 6. The maximum atomic E-state index is 12.3. The summed E-state index contributed by atoms with van der Waals surface area (Å²) in [7, 11) is 1.65. The molecule has 1 aromatic heterocycles. The topological polar surface area (TPSA) is 78.3 Å². The Morgan fingerprint density at radius 2 is 2.07 bits per heavy atom. The largest absolute Gasteiger partial charge is 0.497 e. The van der Waals surface area contributed by atoms with Gasteiger partial charge >= 0.3 is 0 Å². The third-order valence-electron chi connectivity index (χ3n) is 5.16. The van der Waals surface area contributed by atoms with E-state index in [-0.39, 0.29) is 18.1 Å². The van der Waals surface area contributed by atoms with Gasteiger partial charge in [-0.25, -0.2) is 0 Å². The lowest BCUT2D eigenvalue weighted by Gasteiger charge is -2.16. The molecule has 0 bridgehead atoms. The van der Waals surface area contributed by atoms with Crippen LogP contribution in [0.2, 0.25) is 0 Å². The minimum Gasteiger partial charge on any atom is -0.497 e. The van der Waals surface area contributed by atoms with Gasteiger partial charge in [0.25, 0.3) is 0 Å². The molecule has 1 atom stereocenters. The number of ether oxygens (including phenoxy) is 2. The summed E-state index contributed by atoms with van der Waals surface area (Å²) in [5, 5.41) is 12.6. The highest BCUT2D eigenvalue weighted by molar-refractivity contribution is 7.99. The summed E-state index contributed by atoms with van der Waals surface area (Å²) < 4.78 is 13.2. The molecular formula is C21H30N4O3S. The summed E-state index contributed by atoms with van der Waals surface area (Å²) in [4.78, 5) is 12.3. The van der Waals surface area contributed by atoms with Crippen molar-refractivity contribution >= 4 is 17.7 Å². The van der Waals surface area contributed by atoms with Crippen molar-refractivity contribution in [3.05, 3.63) is 24.3 Å². The van der Waals surface area contributed by atoms with Crippen molar-refractivity contribution in [1.29, 1.82) is 0 Å². The van der Waals surface area contributed by atoms with Gasteiger partial charge in [0.05, 0.1) is 25.5 Å². The summed E-state index contributed by atoms with van der Waals surface area (Å²) in [6, 6.07) is 8.00. The maximum absolute atomic E-state index is 12.3. The number of nitrogens with zero attached hydrogens (tertiary/aromatic N) is 3. The molecule has 1 fully saturated rings. The van der Waals surface area contributed by atoms with Crippen LogP contribution in [0.3, 0.4) is 0 Å². The molecule has 0 saturated carbocycles. The van der Waals surface area contributed by atoms with E-state index in [4.69, 9.17) is 9.47 Å². The van der Waals surface area contributed by atoms with Crippen LogP contribution >= 0.6 is 11.8 Å². The molecule has 2 heterocycles. The van der Waals surface area contributed by atoms with Crippen molar-refractivity contribution < 1.29 is 14.3 Å². The molecule has 0 spiro atoms. The Morgan fingerprint density at radius 1 is 1.31 bits per heavy atom. The Labute approximate surface area is 176 Å². The summed E-state index contributed by atoms with van der Waals surface area (Å²) in [5.74, 6) is 1.93. The molecule has 1 aromatic carbocycles. The molecular weight excluding hydrogens is 388 g/mol. The van der Waals surface area contributed by atoms with E-state index in [1.54, 1.807) is 7.11 Å². The number of carbonyl (C=O) groups excluding carboxylic acids is 1. The van der Waals surface area contributed by atoms with Gasteiger partial charge in [0.2, 0.25) is 5.91 Å². The molecule has 7 nitrogen and oxygen atoms in total. The Hall–Kier alpha value is -2.06. The molecule has 1 aliphatic heterocycles. The van der Waals surface area contributed by atoms with E-state index in [1.807, 2.05) is 24.3 Å². The van der Waals surface area contributed by atoms with E-state index in [9.17, 15) is 4.79 Å². The van der Waals surface area contributed by atoms with E-state index in [2.05, 4.69) is 33.9 Å². The fourth-order valence-corrected chi connectivity index (χ4v) is 4.16. The lowest BCUT2D eigenvalue weighted by atomic mass is 10.2. The summed E-state index contributed by atoms with van der Waals surface area (Å²) in [6.45, 7) is 5.65. The van der Waals surface area contributed by atoms with Crippen LogP contribution in [-0.2, 0) is 16.1 Å². The molecule has 0 radical (unpaired) electrons. The van der Waals surface area contributed by atoms with Gasteiger partial charge in [0, 0.05) is 18.2 Å². The monoisotopic (exact) mass is 418 g/mol. The number of nitrogens with one attached hydrogen (secondary N) is 1. The number of methoxy groups -OCH3 is 1. The second kappa shape index (κ2) is 10.6. The lowest BCUT2D eigenvalue weighted by molar-refractivity contribution is -0.119. The average Bonchev–Trinajstić information content (AvgIpc) is 3.41. The van der Waals surface area contributed by atoms with Crippen LogP contribution in [0, 0.1) is 0 Å². The van der Waals surface area contributed by atoms with E-state index in [0.29, 0.717) is 12.3 Å². The van der Waals surface area contributed by atoms with Crippen LogP contribution in [-0.4, -0.2) is 52.3 Å². The number of aromatic nitrogens is 3. The smallest absolute Gasteiger partial charge is 0.230 e. The van der Waals surface area contributed by atoms with Crippen molar-refractivity contribution in [2.45, 2.75) is 63.4 Å². The molecule has 2 aromatic rings. The van der Waals surface area contributed by atoms with Gasteiger partial charge in [0.1, 0.15) is 5.75 Å². The minimum absolute atomic E-state index is 0.0290. The number of thioether (sulfide) groups is 1. The highest BCUT2D eigenvalue weighted by Gasteiger charge is 2.22. The van der Waals surface area contributed by atoms with Crippen molar-refractivity contribution in [2.24, 2.45) is 0 Å². The average molecular weight is 419 g/mol. The van der Waals surface area contributed by atoms with E-state index in [0.717, 1.165) is 54.6 Å². The SMILES string of the molecule is CCC(CC)NC(=O)CSc1nnc(-c2ccc(OC)cc2)n1CC1CCCO1. The van der Waals surface area contributed by atoms with Gasteiger partial charge in [-0.3, -0.25) is 9.36 Å². The van der Waals surface area contributed by atoms with Gasteiger partial charge < -0.3 is 14.8 Å². The highest BCUT2D eigenvalue weighted by atomic mass is 32.2. The standard InChI is InChI=1S/C21H30N4O3S/c1-4-16(5-2)22-19(26)14-29-21-24-23-20(15-8-10-17(27-3)11-9-15)25(21)13-18-7-6-12-28-18/h8-11,16,18H,4-7,12-14H2,1-3H3,(H,22,26). The lowest BCUT2D eigenvalue weighted by Crippen LogP contribution is -2.35. The molecule has 1 N–H and O–H groups in total. The van der Waals surface area contributed by atoms with Crippen LogP contribution in [0.1, 0.15) is 39.5 Å². The van der Waals surface area contributed by atoms with Gasteiger partial charge in [-0.2, -0.15) is 0 Å². The van der Waals surface area contributed by atoms with Gasteiger partial charge in [-0.15, -0.1) is 10.2 Å². The minimum atomic E-state index is 0.0290. The van der Waals surface area contributed by atoms with Gasteiger partial charge in [0.15, 0.2) is 11.0 Å². The zero-order chi connectivity index (χ0) is 20.6. The van der Waals surface area contributed by atoms with E-state index < -0.39 is 0 Å².